The smallest absolute Gasteiger partial charge is 0.293 e. The molecule has 3 N–H and O–H groups in total. The third-order valence-corrected chi connectivity index (χ3v) is 6.07. The molecular formula is C20H29N4O4S+. The molecule has 0 radical (unpaired) electrons. The average Bonchev–Trinajstić information content (AvgIpc) is 2.60. The van der Waals surface area contributed by atoms with Crippen molar-refractivity contribution in [3.05, 3.63) is 64.2 Å². The van der Waals surface area contributed by atoms with Gasteiger partial charge in [-0.05, 0) is 32.9 Å². The molecule has 0 saturated carbocycles. The van der Waals surface area contributed by atoms with Gasteiger partial charge in [0.15, 0.2) is 0 Å². The Kier molecular flexibility index (Phi) is 6.99. The number of nitro groups is 1. The lowest BCUT2D eigenvalue weighted by atomic mass is 10.1. The Bertz CT molecular complexity index is 954. The lowest BCUT2D eigenvalue weighted by molar-refractivity contribution is -0.890. The van der Waals surface area contributed by atoms with Crippen LogP contribution in [0.25, 0.3) is 0 Å². The van der Waals surface area contributed by atoms with Crippen LogP contribution in [-0.4, -0.2) is 39.5 Å². The Balaban J connectivity index is 2.30. The van der Waals surface area contributed by atoms with Gasteiger partial charge in [0, 0.05) is 17.2 Å². The van der Waals surface area contributed by atoms with E-state index in [9.17, 15) is 18.5 Å². The molecule has 0 amide bonds. The van der Waals surface area contributed by atoms with Crippen LogP contribution in [0.1, 0.15) is 32.4 Å². The Labute approximate surface area is 172 Å². The van der Waals surface area contributed by atoms with Crippen LogP contribution >= 0.6 is 0 Å². The van der Waals surface area contributed by atoms with E-state index in [1.54, 1.807) is 20.8 Å². The summed E-state index contributed by atoms with van der Waals surface area (Å²) in [4.78, 5) is 12.0. The van der Waals surface area contributed by atoms with E-state index < -0.39 is 20.5 Å². The topological polar surface area (TPSA) is 106 Å². The van der Waals surface area contributed by atoms with Crippen LogP contribution in [0.3, 0.4) is 0 Å². The molecule has 0 aliphatic carbocycles. The summed E-state index contributed by atoms with van der Waals surface area (Å²) in [6.45, 7) is 5.59. The van der Waals surface area contributed by atoms with Crippen molar-refractivity contribution in [2.75, 3.05) is 26.0 Å². The lowest BCUT2D eigenvalue weighted by Crippen LogP contribution is -3.06. The molecule has 0 aromatic heterocycles. The molecule has 0 fully saturated rings. The van der Waals surface area contributed by atoms with Crippen molar-refractivity contribution < 1.29 is 18.2 Å². The summed E-state index contributed by atoms with van der Waals surface area (Å²) < 4.78 is 27.5. The number of nitrogens with one attached hydrogen (secondary N) is 3. The monoisotopic (exact) mass is 421 g/mol. The second kappa shape index (κ2) is 8.89. The van der Waals surface area contributed by atoms with Crippen LogP contribution in [0.4, 0.5) is 11.4 Å². The van der Waals surface area contributed by atoms with Gasteiger partial charge in [0.2, 0.25) is 10.0 Å². The third kappa shape index (κ3) is 6.25. The molecule has 0 aliphatic rings. The van der Waals surface area contributed by atoms with Crippen LogP contribution in [0.2, 0.25) is 0 Å². The zero-order chi connectivity index (χ0) is 21.8. The number of hydrogen-bond donors (Lipinski definition) is 3. The van der Waals surface area contributed by atoms with Crippen LogP contribution in [0.15, 0.2) is 53.4 Å². The van der Waals surface area contributed by atoms with Crippen molar-refractivity contribution in [1.29, 1.82) is 0 Å². The standard InChI is InChI=1S/C20H28N4O4S/c1-20(2,3)22-29(27,28)16-11-12-17(18(13-16)24(25)26)21-14-19(23(4)5)15-9-7-6-8-10-15/h6-13,19,21-22H,14H2,1-5H3/p+1/t19-/m1/s1. The van der Waals surface area contributed by atoms with E-state index >= 15 is 0 Å². The van der Waals surface area contributed by atoms with Gasteiger partial charge in [0.25, 0.3) is 5.69 Å². The van der Waals surface area contributed by atoms with Gasteiger partial charge in [0.05, 0.1) is 30.5 Å². The molecule has 2 aromatic rings. The van der Waals surface area contributed by atoms with Gasteiger partial charge in [-0.15, -0.1) is 0 Å². The van der Waals surface area contributed by atoms with E-state index in [2.05, 4.69) is 10.0 Å². The Hall–Kier alpha value is -2.49. The molecule has 29 heavy (non-hydrogen) atoms. The van der Waals surface area contributed by atoms with Crippen molar-refractivity contribution >= 4 is 21.4 Å². The van der Waals surface area contributed by atoms with Gasteiger partial charge < -0.3 is 10.2 Å². The molecule has 1 atom stereocenters. The zero-order valence-corrected chi connectivity index (χ0v) is 18.2. The molecule has 158 valence electrons. The molecule has 9 heteroatoms. The van der Waals surface area contributed by atoms with E-state index in [1.807, 2.05) is 44.4 Å². The van der Waals surface area contributed by atoms with Crippen molar-refractivity contribution in [3.63, 3.8) is 0 Å². The van der Waals surface area contributed by atoms with Crippen LogP contribution < -0.4 is 14.9 Å². The number of likely N-dealkylation sites (N-methyl/N-ethyl adjacent to an activating group) is 1. The molecule has 0 spiro atoms. The molecule has 0 heterocycles. The first-order valence-corrected chi connectivity index (χ1v) is 10.8. The predicted octanol–water partition coefficient (Wildman–Crippen LogP) is 1.97. The Morgan fingerprint density at radius 3 is 2.24 bits per heavy atom. The summed E-state index contributed by atoms with van der Waals surface area (Å²) in [5.41, 5.74) is 0.424. The normalized spacial score (nSPS) is 13.3. The predicted molar refractivity (Wildman–Crippen MR) is 114 cm³/mol. The summed E-state index contributed by atoms with van der Waals surface area (Å²) in [6, 6.07) is 13.9. The summed E-state index contributed by atoms with van der Waals surface area (Å²) in [6.07, 6.45) is 0. The minimum Gasteiger partial charge on any atom is -0.373 e. The lowest BCUT2D eigenvalue weighted by Gasteiger charge is -2.23. The van der Waals surface area contributed by atoms with Gasteiger partial charge in [0.1, 0.15) is 11.7 Å². The third-order valence-electron chi connectivity index (χ3n) is 4.31. The van der Waals surface area contributed by atoms with Gasteiger partial charge in [-0.2, -0.15) is 0 Å². The minimum atomic E-state index is -3.86. The number of quaternary nitrogens is 1. The number of sulfonamides is 1. The van der Waals surface area contributed by atoms with Gasteiger partial charge in [-0.25, -0.2) is 13.1 Å². The van der Waals surface area contributed by atoms with E-state index in [4.69, 9.17) is 0 Å². The first kappa shape index (κ1) is 22.8. The number of rotatable bonds is 8. The molecule has 0 saturated heterocycles. The van der Waals surface area contributed by atoms with Crippen LogP contribution in [0.5, 0.6) is 0 Å². The largest absolute Gasteiger partial charge is 0.373 e. The summed E-state index contributed by atoms with van der Waals surface area (Å²) in [5.74, 6) is 0. The van der Waals surface area contributed by atoms with Crippen LogP contribution in [-0.2, 0) is 10.0 Å². The number of hydrogen-bond acceptors (Lipinski definition) is 5. The number of nitro benzene ring substituents is 1. The van der Waals surface area contributed by atoms with Gasteiger partial charge in [-0.3, -0.25) is 10.1 Å². The number of anilines is 1. The summed E-state index contributed by atoms with van der Waals surface area (Å²) in [5, 5.41) is 14.7. The molecule has 0 aliphatic heterocycles. The Morgan fingerprint density at radius 2 is 1.72 bits per heavy atom. The number of benzene rings is 2. The second-order valence-electron chi connectivity index (χ2n) is 8.21. The Morgan fingerprint density at radius 1 is 1.10 bits per heavy atom. The van der Waals surface area contributed by atoms with E-state index in [0.29, 0.717) is 6.54 Å². The fourth-order valence-electron chi connectivity index (χ4n) is 2.99. The number of nitrogens with zero attached hydrogens (tertiary/aromatic N) is 1. The SMILES string of the molecule is C[NH+](C)[C@H](CNc1ccc(S(=O)(=O)NC(C)(C)C)cc1[N+](=O)[O-])c1ccccc1. The first-order chi connectivity index (χ1) is 13.4. The van der Waals surface area contributed by atoms with E-state index in [-0.39, 0.29) is 22.3 Å². The van der Waals surface area contributed by atoms with Crippen molar-refractivity contribution in [2.24, 2.45) is 0 Å². The second-order valence-corrected chi connectivity index (χ2v) is 9.90. The summed E-state index contributed by atoms with van der Waals surface area (Å²) in [7, 11) is 0.166. The highest BCUT2D eigenvalue weighted by atomic mass is 32.2. The molecule has 2 rings (SSSR count). The highest BCUT2D eigenvalue weighted by molar-refractivity contribution is 7.89. The molecular weight excluding hydrogens is 392 g/mol. The fourth-order valence-corrected chi connectivity index (χ4v) is 4.43. The molecule has 2 aromatic carbocycles. The molecule has 0 unspecified atom stereocenters. The molecule has 8 nitrogen and oxygen atoms in total. The van der Waals surface area contributed by atoms with Crippen LogP contribution in [0, 0.1) is 10.1 Å². The van der Waals surface area contributed by atoms with E-state index in [1.165, 1.54) is 17.0 Å². The van der Waals surface area contributed by atoms with Crippen molar-refractivity contribution in [1.82, 2.24) is 4.72 Å². The fraction of sp³-hybridized carbons (Fsp3) is 0.400. The van der Waals surface area contributed by atoms with Crippen molar-refractivity contribution in [3.8, 4) is 0 Å². The highest BCUT2D eigenvalue weighted by Crippen LogP contribution is 2.28. The maximum Gasteiger partial charge on any atom is 0.293 e. The maximum atomic E-state index is 12.5. The maximum absolute atomic E-state index is 12.5. The van der Waals surface area contributed by atoms with Crippen molar-refractivity contribution in [2.45, 2.75) is 37.2 Å². The van der Waals surface area contributed by atoms with Gasteiger partial charge in [-0.1, -0.05) is 30.3 Å². The summed E-state index contributed by atoms with van der Waals surface area (Å²) >= 11 is 0. The zero-order valence-electron chi connectivity index (χ0n) is 17.4. The average molecular weight is 422 g/mol. The molecule has 0 bridgehead atoms. The first-order valence-electron chi connectivity index (χ1n) is 9.32. The highest BCUT2D eigenvalue weighted by Gasteiger charge is 2.26. The van der Waals surface area contributed by atoms with E-state index in [0.717, 1.165) is 11.6 Å². The van der Waals surface area contributed by atoms with Gasteiger partial charge >= 0.3 is 0 Å². The quantitative estimate of drug-likeness (QED) is 0.446. The minimum absolute atomic E-state index is 0.0711.